The Morgan fingerprint density at radius 1 is 1.28 bits per heavy atom. The van der Waals surface area contributed by atoms with Gasteiger partial charge in [0, 0.05) is 17.3 Å². The van der Waals surface area contributed by atoms with E-state index >= 15 is 0 Å². The lowest BCUT2D eigenvalue weighted by atomic mass is 9.94. The van der Waals surface area contributed by atoms with Crippen LogP contribution < -0.4 is 11.1 Å². The molecule has 0 bridgehead atoms. The fourth-order valence-corrected chi connectivity index (χ4v) is 2.71. The standard InChI is InChI=1S/C17H19IN3O3P/c1-16(18)7-8-17(2,19)6-5-11(9-16)14(22)21-13-4-3-12(10-20-13)15(23)24-25/h3-10H,19,25H2,1-2H3,(H,20,21,22)/b6-5-,8-7-,11-9+. The average Bonchev–Trinajstić information content (AvgIpc) is 2.56. The van der Waals surface area contributed by atoms with E-state index in [0.29, 0.717) is 17.0 Å². The minimum absolute atomic E-state index is 0.293. The third kappa shape index (κ3) is 5.73. The molecule has 8 heteroatoms. The highest BCUT2D eigenvalue weighted by Crippen LogP contribution is 2.27. The lowest BCUT2D eigenvalue weighted by Gasteiger charge is -2.22. The molecule has 132 valence electrons. The predicted octanol–water partition coefficient (Wildman–Crippen LogP) is 2.93. The molecule has 1 heterocycles. The van der Waals surface area contributed by atoms with Gasteiger partial charge in [-0.05, 0) is 26.0 Å². The second-order valence-corrected chi connectivity index (χ2v) is 8.64. The van der Waals surface area contributed by atoms with E-state index in [0.717, 1.165) is 0 Å². The molecule has 25 heavy (non-hydrogen) atoms. The van der Waals surface area contributed by atoms with Gasteiger partial charge in [0.2, 0.25) is 0 Å². The van der Waals surface area contributed by atoms with Gasteiger partial charge in [0.1, 0.15) is 5.82 Å². The molecule has 3 N–H and O–H groups in total. The monoisotopic (exact) mass is 471 g/mol. The molecule has 0 aromatic carbocycles. The molecule has 2 rings (SSSR count). The van der Waals surface area contributed by atoms with E-state index < -0.39 is 11.5 Å². The van der Waals surface area contributed by atoms with Crippen molar-refractivity contribution in [1.29, 1.82) is 0 Å². The predicted molar refractivity (Wildman–Crippen MR) is 109 cm³/mol. The fraction of sp³-hybridized carbons (Fsp3) is 0.235. The minimum Gasteiger partial charge on any atom is -0.448 e. The van der Waals surface area contributed by atoms with Crippen LogP contribution in [0.4, 0.5) is 5.82 Å². The molecule has 0 saturated heterocycles. The maximum atomic E-state index is 12.6. The van der Waals surface area contributed by atoms with Crippen LogP contribution in [0.2, 0.25) is 0 Å². The van der Waals surface area contributed by atoms with Crippen molar-refractivity contribution in [2.24, 2.45) is 5.73 Å². The molecule has 1 amide bonds. The number of aromatic nitrogens is 1. The van der Waals surface area contributed by atoms with E-state index in [1.165, 1.54) is 18.3 Å². The van der Waals surface area contributed by atoms with Crippen LogP contribution in [0.3, 0.4) is 0 Å². The number of alkyl halides is 1. The Balaban J connectivity index is 2.22. The second kappa shape index (κ2) is 7.76. The first kappa shape index (κ1) is 19.8. The summed E-state index contributed by atoms with van der Waals surface area (Å²) in [5.74, 6) is -0.488. The van der Waals surface area contributed by atoms with Crippen LogP contribution in [0.25, 0.3) is 0 Å². The van der Waals surface area contributed by atoms with Crippen molar-refractivity contribution in [3.63, 3.8) is 0 Å². The number of amides is 1. The first-order valence-corrected chi connectivity index (χ1v) is 8.96. The molecule has 1 aromatic heterocycles. The van der Waals surface area contributed by atoms with Gasteiger partial charge in [0.15, 0.2) is 0 Å². The van der Waals surface area contributed by atoms with Crippen LogP contribution in [-0.4, -0.2) is 25.8 Å². The van der Waals surface area contributed by atoms with Crippen molar-refractivity contribution in [2.75, 3.05) is 5.32 Å². The average molecular weight is 471 g/mol. The number of allylic oxidation sites excluding steroid dienone is 2. The van der Waals surface area contributed by atoms with Gasteiger partial charge in [-0.15, -0.1) is 0 Å². The zero-order valence-corrected chi connectivity index (χ0v) is 17.1. The van der Waals surface area contributed by atoms with Crippen LogP contribution in [0.5, 0.6) is 0 Å². The van der Waals surface area contributed by atoms with E-state index in [1.54, 1.807) is 12.2 Å². The summed E-state index contributed by atoms with van der Waals surface area (Å²) >= 11 is 2.24. The number of hydrogen-bond acceptors (Lipinski definition) is 5. The Morgan fingerprint density at radius 2 is 2.00 bits per heavy atom. The van der Waals surface area contributed by atoms with E-state index in [4.69, 9.17) is 5.73 Å². The molecular weight excluding hydrogens is 452 g/mol. The fourth-order valence-electron chi connectivity index (χ4n) is 2.05. The number of nitrogens with one attached hydrogen (secondary N) is 1. The molecule has 1 aromatic rings. The summed E-state index contributed by atoms with van der Waals surface area (Å²) in [4.78, 5) is 28.0. The van der Waals surface area contributed by atoms with Crippen molar-refractivity contribution < 1.29 is 14.1 Å². The third-order valence-corrected chi connectivity index (χ3v) is 4.32. The third-order valence-electron chi connectivity index (χ3n) is 3.44. The zero-order chi connectivity index (χ0) is 18.7. The van der Waals surface area contributed by atoms with Crippen LogP contribution in [0, 0.1) is 0 Å². The molecule has 3 atom stereocenters. The van der Waals surface area contributed by atoms with Crippen molar-refractivity contribution in [2.45, 2.75) is 22.8 Å². The number of halogens is 1. The Hall–Kier alpha value is -1.57. The molecule has 1 aliphatic rings. The van der Waals surface area contributed by atoms with Gasteiger partial charge in [0.25, 0.3) is 5.91 Å². The minimum atomic E-state index is -0.634. The molecule has 6 nitrogen and oxygen atoms in total. The number of carbonyl (C=O) groups is 2. The van der Waals surface area contributed by atoms with E-state index in [-0.39, 0.29) is 9.33 Å². The molecule has 0 aliphatic heterocycles. The Kier molecular flexibility index (Phi) is 6.13. The van der Waals surface area contributed by atoms with E-state index in [1.807, 2.05) is 41.5 Å². The lowest BCUT2D eigenvalue weighted by molar-refractivity contribution is -0.112. The molecule has 3 unspecified atom stereocenters. The highest BCUT2D eigenvalue weighted by atomic mass is 127. The Morgan fingerprint density at radius 3 is 2.60 bits per heavy atom. The van der Waals surface area contributed by atoms with Crippen LogP contribution in [0.15, 0.2) is 54.3 Å². The van der Waals surface area contributed by atoms with Gasteiger partial charge >= 0.3 is 5.97 Å². The van der Waals surface area contributed by atoms with E-state index in [2.05, 4.69) is 37.4 Å². The number of pyridine rings is 1. The second-order valence-electron chi connectivity index (χ2n) is 6.08. The molecule has 0 fully saturated rings. The summed E-state index contributed by atoms with van der Waals surface area (Å²) in [5, 5.41) is 2.71. The van der Waals surface area contributed by atoms with Gasteiger partial charge in [-0.25, -0.2) is 9.78 Å². The smallest absolute Gasteiger partial charge is 0.341 e. The summed E-state index contributed by atoms with van der Waals surface area (Å²) < 4.78 is 4.18. The topological polar surface area (TPSA) is 94.3 Å². The van der Waals surface area contributed by atoms with Crippen molar-refractivity contribution in [3.05, 3.63) is 59.8 Å². The zero-order valence-electron chi connectivity index (χ0n) is 13.8. The summed E-state index contributed by atoms with van der Waals surface area (Å²) in [7, 11) is 1.88. The van der Waals surface area contributed by atoms with Crippen LogP contribution in [0.1, 0.15) is 24.2 Å². The molecule has 0 spiro atoms. The molecule has 0 saturated carbocycles. The maximum absolute atomic E-state index is 12.6. The Labute approximate surface area is 162 Å². The number of hydrogen-bond donors (Lipinski definition) is 2. The van der Waals surface area contributed by atoms with Gasteiger partial charge in [-0.3, -0.25) is 4.79 Å². The first-order valence-electron chi connectivity index (χ1n) is 7.41. The maximum Gasteiger partial charge on any atom is 0.341 e. The molecular formula is C17H19IN3O3P. The summed E-state index contributed by atoms with van der Waals surface area (Å²) in [6.45, 7) is 3.84. The van der Waals surface area contributed by atoms with Crippen molar-refractivity contribution in [1.82, 2.24) is 4.98 Å². The highest BCUT2D eigenvalue weighted by molar-refractivity contribution is 14.1. The van der Waals surface area contributed by atoms with Crippen molar-refractivity contribution >= 4 is 49.8 Å². The van der Waals surface area contributed by atoms with Gasteiger partial charge in [-0.1, -0.05) is 53.0 Å². The van der Waals surface area contributed by atoms with E-state index in [9.17, 15) is 9.59 Å². The number of carbonyl (C=O) groups excluding carboxylic acids is 2. The van der Waals surface area contributed by atoms with Crippen LogP contribution >= 0.6 is 32.1 Å². The first-order chi connectivity index (χ1) is 11.6. The summed E-state index contributed by atoms with van der Waals surface area (Å²) in [5.41, 5.74) is 6.29. The SMILES string of the molecule is CC1(N)/C=C\C(C(=O)Nc2ccc(C(=O)OP)cn2)=C/C(C)(I)/C=C\1. The molecule has 0 radical (unpaired) electrons. The number of nitrogens with zero attached hydrogens (tertiary/aromatic N) is 1. The highest BCUT2D eigenvalue weighted by Gasteiger charge is 2.22. The van der Waals surface area contributed by atoms with Gasteiger partial charge in [0.05, 0.1) is 18.5 Å². The largest absolute Gasteiger partial charge is 0.448 e. The normalized spacial score (nSPS) is 30.2. The number of rotatable bonds is 3. The van der Waals surface area contributed by atoms with Gasteiger partial charge in [-0.2, -0.15) is 0 Å². The number of nitrogens with two attached hydrogens (primary N) is 1. The summed E-state index contributed by atoms with van der Waals surface area (Å²) in [6.07, 6.45) is 10.5. The Bertz CT molecular complexity index is 768. The van der Waals surface area contributed by atoms with Crippen molar-refractivity contribution in [3.8, 4) is 0 Å². The molecule has 1 aliphatic carbocycles. The summed E-state index contributed by atoms with van der Waals surface area (Å²) in [6, 6.07) is 3.07. The lowest BCUT2D eigenvalue weighted by Crippen LogP contribution is -2.33. The number of anilines is 1. The quantitative estimate of drug-likeness (QED) is 0.306. The van der Waals surface area contributed by atoms with Crippen LogP contribution in [-0.2, 0) is 9.32 Å². The van der Waals surface area contributed by atoms with Gasteiger partial charge < -0.3 is 15.6 Å².